The number of hydrogen-bond donors (Lipinski definition) is 2. The minimum Gasteiger partial charge on any atom is -0.483 e. The highest BCUT2D eigenvalue weighted by Gasteiger charge is 2.17. The van der Waals surface area contributed by atoms with E-state index in [4.69, 9.17) is 4.74 Å². The maximum absolute atomic E-state index is 12.7. The van der Waals surface area contributed by atoms with Gasteiger partial charge in [-0.05, 0) is 73.7 Å². The first-order valence-corrected chi connectivity index (χ1v) is 12.4. The van der Waals surface area contributed by atoms with Crippen LogP contribution >= 0.6 is 0 Å². The molecule has 0 radical (unpaired) electrons. The molecular formula is C26H30N2O4S. The van der Waals surface area contributed by atoms with Crippen molar-refractivity contribution in [3.8, 4) is 5.75 Å². The highest BCUT2D eigenvalue weighted by Crippen LogP contribution is 2.25. The minimum atomic E-state index is -3.74. The van der Waals surface area contributed by atoms with Gasteiger partial charge in [-0.1, -0.05) is 49.7 Å². The smallest absolute Gasteiger partial charge is 0.262 e. The fourth-order valence-electron chi connectivity index (χ4n) is 3.51. The summed E-state index contributed by atoms with van der Waals surface area (Å²) in [5.74, 6) is 0.196. The number of nitrogens with one attached hydrogen (secondary N) is 2. The second-order valence-corrected chi connectivity index (χ2v) is 9.58. The van der Waals surface area contributed by atoms with Gasteiger partial charge in [0.25, 0.3) is 15.9 Å². The van der Waals surface area contributed by atoms with Gasteiger partial charge in [-0.2, -0.15) is 0 Å². The highest BCUT2D eigenvalue weighted by atomic mass is 32.2. The fraction of sp³-hybridized carbons (Fsp3) is 0.269. The number of para-hydroxylation sites is 1. The summed E-state index contributed by atoms with van der Waals surface area (Å²) in [6.07, 6.45) is 1.63. The van der Waals surface area contributed by atoms with Gasteiger partial charge in [-0.25, -0.2) is 8.42 Å². The van der Waals surface area contributed by atoms with E-state index in [2.05, 4.69) is 10.0 Å². The standard InChI is InChI=1S/C26H30N2O4S/c1-5-20-8-7-9-21(6-2)26(20)27-25(29)17-32-24-15-14-23(16-19(24)4)33(30,31)28-22-12-10-18(3)11-13-22/h7-16,28H,5-6,17H2,1-4H3,(H,27,29). The summed E-state index contributed by atoms with van der Waals surface area (Å²) in [7, 11) is -3.74. The van der Waals surface area contributed by atoms with E-state index in [1.54, 1.807) is 25.1 Å². The summed E-state index contributed by atoms with van der Waals surface area (Å²) in [6, 6.07) is 17.7. The van der Waals surface area contributed by atoms with Crippen molar-refractivity contribution in [2.75, 3.05) is 16.6 Å². The van der Waals surface area contributed by atoms with Crippen LogP contribution in [0.3, 0.4) is 0 Å². The van der Waals surface area contributed by atoms with Crippen molar-refractivity contribution in [1.82, 2.24) is 0 Å². The maximum atomic E-state index is 12.7. The van der Waals surface area contributed by atoms with Crippen LogP contribution in [-0.4, -0.2) is 20.9 Å². The first kappa shape index (κ1) is 24.3. The highest BCUT2D eigenvalue weighted by molar-refractivity contribution is 7.92. The second kappa shape index (κ2) is 10.5. The largest absolute Gasteiger partial charge is 0.483 e. The molecule has 2 N–H and O–H groups in total. The third kappa shape index (κ3) is 6.14. The first-order valence-electron chi connectivity index (χ1n) is 11.0. The molecule has 0 bridgehead atoms. The average molecular weight is 467 g/mol. The molecule has 0 heterocycles. The quantitative estimate of drug-likeness (QED) is 0.451. The summed E-state index contributed by atoms with van der Waals surface area (Å²) in [5.41, 5.74) is 5.16. The van der Waals surface area contributed by atoms with Crippen molar-refractivity contribution in [2.24, 2.45) is 0 Å². The zero-order valence-electron chi connectivity index (χ0n) is 19.4. The van der Waals surface area contributed by atoms with E-state index in [0.717, 1.165) is 35.2 Å². The molecule has 3 aromatic rings. The van der Waals surface area contributed by atoms with Gasteiger partial charge in [0, 0.05) is 11.4 Å². The Hall–Kier alpha value is -3.32. The number of amides is 1. The molecule has 0 atom stereocenters. The van der Waals surface area contributed by atoms with E-state index in [-0.39, 0.29) is 17.4 Å². The lowest BCUT2D eigenvalue weighted by molar-refractivity contribution is -0.118. The van der Waals surface area contributed by atoms with E-state index < -0.39 is 10.0 Å². The van der Waals surface area contributed by atoms with E-state index >= 15 is 0 Å². The Morgan fingerprint density at radius 3 is 2.12 bits per heavy atom. The lowest BCUT2D eigenvalue weighted by Gasteiger charge is -2.15. The molecule has 0 fully saturated rings. The number of rotatable bonds is 9. The maximum Gasteiger partial charge on any atom is 0.262 e. The molecule has 0 spiro atoms. The minimum absolute atomic E-state index is 0.127. The van der Waals surface area contributed by atoms with Crippen LogP contribution < -0.4 is 14.8 Å². The molecule has 0 saturated carbocycles. The van der Waals surface area contributed by atoms with Crippen LogP contribution in [0.5, 0.6) is 5.75 Å². The molecule has 3 aromatic carbocycles. The number of sulfonamides is 1. The van der Waals surface area contributed by atoms with Crippen LogP contribution in [0.4, 0.5) is 11.4 Å². The van der Waals surface area contributed by atoms with Crippen molar-refractivity contribution < 1.29 is 17.9 Å². The topological polar surface area (TPSA) is 84.5 Å². The average Bonchev–Trinajstić information content (AvgIpc) is 2.79. The molecule has 33 heavy (non-hydrogen) atoms. The van der Waals surface area contributed by atoms with E-state index in [0.29, 0.717) is 17.0 Å². The van der Waals surface area contributed by atoms with Crippen LogP contribution in [-0.2, 0) is 27.7 Å². The van der Waals surface area contributed by atoms with E-state index in [1.165, 1.54) is 12.1 Å². The predicted molar refractivity (Wildman–Crippen MR) is 132 cm³/mol. The van der Waals surface area contributed by atoms with Crippen molar-refractivity contribution in [3.63, 3.8) is 0 Å². The summed E-state index contributed by atoms with van der Waals surface area (Å²) in [4.78, 5) is 12.7. The number of anilines is 2. The summed E-state index contributed by atoms with van der Waals surface area (Å²) in [6.45, 7) is 7.61. The Bertz CT molecular complexity index is 1210. The van der Waals surface area contributed by atoms with Gasteiger partial charge >= 0.3 is 0 Å². The molecule has 0 aromatic heterocycles. The molecule has 0 aliphatic rings. The number of carbonyl (C=O) groups is 1. The van der Waals surface area contributed by atoms with Crippen LogP contribution in [0.1, 0.15) is 36.1 Å². The number of carbonyl (C=O) groups excluding carboxylic acids is 1. The number of hydrogen-bond acceptors (Lipinski definition) is 4. The Morgan fingerprint density at radius 1 is 0.909 bits per heavy atom. The molecule has 6 nitrogen and oxygen atoms in total. The second-order valence-electron chi connectivity index (χ2n) is 7.89. The predicted octanol–water partition coefficient (Wildman–Crippen LogP) is 5.25. The summed E-state index contributed by atoms with van der Waals surface area (Å²) >= 11 is 0. The lowest BCUT2D eigenvalue weighted by atomic mass is 10.0. The van der Waals surface area contributed by atoms with Crippen molar-refractivity contribution in [3.05, 3.63) is 82.9 Å². The number of aryl methyl sites for hydroxylation is 4. The molecular weight excluding hydrogens is 436 g/mol. The van der Waals surface area contributed by atoms with Gasteiger partial charge in [-0.15, -0.1) is 0 Å². The normalized spacial score (nSPS) is 11.2. The van der Waals surface area contributed by atoms with Gasteiger partial charge in [0.1, 0.15) is 5.75 Å². The molecule has 1 amide bonds. The van der Waals surface area contributed by atoms with Gasteiger partial charge in [0.15, 0.2) is 6.61 Å². The zero-order valence-corrected chi connectivity index (χ0v) is 20.3. The number of ether oxygens (including phenoxy) is 1. The molecule has 7 heteroatoms. The van der Waals surface area contributed by atoms with Crippen LogP contribution in [0, 0.1) is 13.8 Å². The van der Waals surface area contributed by atoms with Gasteiger partial charge in [-0.3, -0.25) is 9.52 Å². The molecule has 174 valence electrons. The molecule has 0 aliphatic heterocycles. The Kier molecular flexibility index (Phi) is 7.76. The molecule has 3 rings (SSSR count). The van der Waals surface area contributed by atoms with Crippen molar-refractivity contribution in [2.45, 2.75) is 45.4 Å². The van der Waals surface area contributed by atoms with Crippen LogP contribution in [0.25, 0.3) is 0 Å². The summed E-state index contributed by atoms with van der Waals surface area (Å²) in [5, 5.41) is 2.97. The number of benzene rings is 3. The van der Waals surface area contributed by atoms with Crippen LogP contribution in [0.15, 0.2) is 65.6 Å². The van der Waals surface area contributed by atoms with Crippen molar-refractivity contribution in [1.29, 1.82) is 0 Å². The fourth-order valence-corrected chi connectivity index (χ4v) is 4.65. The third-order valence-corrected chi connectivity index (χ3v) is 6.76. The monoisotopic (exact) mass is 466 g/mol. The van der Waals surface area contributed by atoms with Crippen LogP contribution in [0.2, 0.25) is 0 Å². The van der Waals surface area contributed by atoms with E-state index in [9.17, 15) is 13.2 Å². The Morgan fingerprint density at radius 2 is 1.55 bits per heavy atom. The van der Waals surface area contributed by atoms with Crippen molar-refractivity contribution >= 4 is 27.3 Å². The van der Waals surface area contributed by atoms with Gasteiger partial charge < -0.3 is 10.1 Å². The third-order valence-electron chi connectivity index (χ3n) is 5.38. The molecule has 0 saturated heterocycles. The van der Waals surface area contributed by atoms with E-state index in [1.807, 2.05) is 51.1 Å². The zero-order chi connectivity index (χ0) is 24.0. The summed E-state index contributed by atoms with van der Waals surface area (Å²) < 4.78 is 33.7. The lowest BCUT2D eigenvalue weighted by Crippen LogP contribution is -2.22. The Balaban J connectivity index is 1.67. The Labute approximate surface area is 196 Å². The first-order chi connectivity index (χ1) is 15.7. The molecule has 0 unspecified atom stereocenters. The molecule has 0 aliphatic carbocycles. The van der Waals surface area contributed by atoms with Gasteiger partial charge in [0.05, 0.1) is 4.90 Å². The van der Waals surface area contributed by atoms with Gasteiger partial charge in [0.2, 0.25) is 0 Å². The SMILES string of the molecule is CCc1cccc(CC)c1NC(=O)COc1ccc(S(=O)(=O)Nc2ccc(C)cc2)cc1C.